The Hall–Kier alpha value is -0.200. The van der Waals surface area contributed by atoms with Crippen molar-refractivity contribution in [1.82, 2.24) is 10.9 Å². The largest absolute Gasteiger partial charge is 0.356 e. The predicted molar refractivity (Wildman–Crippen MR) is 21.6 cm³/mol. The third-order valence-electron chi connectivity index (χ3n) is 0.293. The summed E-state index contributed by atoms with van der Waals surface area (Å²) in [5, 5.41) is 23.9. The van der Waals surface area contributed by atoms with Crippen molar-refractivity contribution in [3.8, 4) is 0 Å². The fourth-order valence-electron chi connectivity index (χ4n) is 0.168. The molecule has 0 aliphatic heterocycles. The SMILES string of the molecule is CNNC(O)(O)O. The summed E-state index contributed by atoms with van der Waals surface area (Å²) in [6.45, 7) is 0. The maximum absolute atomic E-state index is 7.96. The van der Waals surface area contributed by atoms with E-state index in [-0.39, 0.29) is 0 Å². The van der Waals surface area contributed by atoms with Gasteiger partial charge in [-0.25, -0.2) is 0 Å². The summed E-state index contributed by atoms with van der Waals surface area (Å²) in [6, 6.07) is 0. The van der Waals surface area contributed by atoms with E-state index in [0.717, 1.165) is 0 Å². The minimum atomic E-state index is -2.81. The molecule has 0 saturated carbocycles. The Balaban J connectivity index is 3.15. The molecule has 7 heavy (non-hydrogen) atoms. The molecule has 0 amide bonds. The molecule has 5 nitrogen and oxygen atoms in total. The fourth-order valence-corrected chi connectivity index (χ4v) is 0.168. The third-order valence-corrected chi connectivity index (χ3v) is 0.293. The van der Waals surface area contributed by atoms with Gasteiger partial charge in [-0.15, -0.1) is 0 Å². The van der Waals surface area contributed by atoms with Gasteiger partial charge in [-0.3, -0.25) is 5.43 Å². The molecule has 0 aromatic carbocycles. The Labute approximate surface area is 40.6 Å². The molecule has 0 spiro atoms. The molecule has 0 unspecified atom stereocenters. The van der Waals surface area contributed by atoms with Gasteiger partial charge in [0, 0.05) is 0 Å². The van der Waals surface area contributed by atoms with Gasteiger partial charge in [-0.2, -0.15) is 5.43 Å². The van der Waals surface area contributed by atoms with Crippen molar-refractivity contribution in [2.45, 2.75) is 6.10 Å². The summed E-state index contributed by atoms with van der Waals surface area (Å²) >= 11 is 0. The number of hydrogen-bond donors (Lipinski definition) is 5. The second kappa shape index (κ2) is 2.20. The summed E-state index contributed by atoms with van der Waals surface area (Å²) in [7, 11) is 1.39. The van der Waals surface area contributed by atoms with Crippen LogP contribution in [0, 0.1) is 0 Å². The van der Waals surface area contributed by atoms with Crippen LogP contribution in [0.1, 0.15) is 0 Å². The van der Waals surface area contributed by atoms with Gasteiger partial charge in [0.05, 0.1) is 0 Å². The maximum Gasteiger partial charge on any atom is 0.356 e. The molecule has 0 atom stereocenters. The lowest BCUT2D eigenvalue weighted by Crippen LogP contribution is -2.50. The van der Waals surface area contributed by atoms with Crippen LogP contribution < -0.4 is 10.9 Å². The van der Waals surface area contributed by atoms with E-state index in [4.69, 9.17) is 15.3 Å². The second-order valence-corrected chi connectivity index (χ2v) is 1.01. The molecule has 44 valence electrons. The molecule has 0 radical (unpaired) electrons. The Morgan fingerprint density at radius 2 is 1.71 bits per heavy atom. The first-order chi connectivity index (χ1) is 3.06. The van der Waals surface area contributed by atoms with Crippen LogP contribution in [0.4, 0.5) is 0 Å². The van der Waals surface area contributed by atoms with Crippen molar-refractivity contribution in [3.63, 3.8) is 0 Å². The lowest BCUT2D eigenvalue weighted by molar-refractivity contribution is -0.336. The highest BCUT2D eigenvalue weighted by molar-refractivity contribution is 4.29. The van der Waals surface area contributed by atoms with E-state index >= 15 is 0 Å². The van der Waals surface area contributed by atoms with Crippen molar-refractivity contribution < 1.29 is 15.3 Å². The molecule has 0 aromatic rings. The van der Waals surface area contributed by atoms with Crippen LogP contribution in [-0.4, -0.2) is 28.5 Å². The molecule has 0 bridgehead atoms. The van der Waals surface area contributed by atoms with Crippen LogP contribution in [0.15, 0.2) is 0 Å². The summed E-state index contributed by atoms with van der Waals surface area (Å²) in [6.07, 6.45) is -2.81. The summed E-state index contributed by atoms with van der Waals surface area (Å²) < 4.78 is 0. The number of hydrazine groups is 1. The molecular formula is C2H8N2O3. The average Bonchev–Trinajstić information content (AvgIpc) is 1.30. The van der Waals surface area contributed by atoms with Crippen LogP contribution in [0.2, 0.25) is 0 Å². The van der Waals surface area contributed by atoms with E-state index in [2.05, 4.69) is 5.43 Å². The van der Waals surface area contributed by atoms with Gasteiger partial charge in [-0.1, -0.05) is 0 Å². The third kappa shape index (κ3) is 5.80. The van der Waals surface area contributed by atoms with Crippen molar-refractivity contribution in [2.75, 3.05) is 7.05 Å². The van der Waals surface area contributed by atoms with Crippen molar-refractivity contribution in [3.05, 3.63) is 0 Å². The smallest absolute Gasteiger partial charge is 0.329 e. The van der Waals surface area contributed by atoms with Gasteiger partial charge in [0.15, 0.2) is 0 Å². The van der Waals surface area contributed by atoms with Crippen molar-refractivity contribution in [2.24, 2.45) is 0 Å². The lowest BCUT2D eigenvalue weighted by atomic mass is 11.0. The van der Waals surface area contributed by atoms with E-state index in [1.807, 2.05) is 0 Å². The first-order valence-electron chi connectivity index (χ1n) is 1.67. The summed E-state index contributed by atoms with van der Waals surface area (Å²) in [4.78, 5) is 0. The maximum atomic E-state index is 7.96. The topological polar surface area (TPSA) is 84.8 Å². The zero-order valence-corrected chi connectivity index (χ0v) is 3.84. The van der Waals surface area contributed by atoms with Crippen LogP contribution in [0.3, 0.4) is 0 Å². The first kappa shape index (κ1) is 6.80. The fraction of sp³-hybridized carbons (Fsp3) is 1.00. The number of hydrogen-bond acceptors (Lipinski definition) is 5. The summed E-state index contributed by atoms with van der Waals surface area (Å²) in [5.74, 6) is 0. The highest BCUT2D eigenvalue weighted by atomic mass is 16.7. The normalized spacial score (nSPS) is 12.0. The van der Waals surface area contributed by atoms with Gasteiger partial charge >= 0.3 is 6.10 Å². The molecular weight excluding hydrogens is 100 g/mol. The van der Waals surface area contributed by atoms with E-state index < -0.39 is 6.10 Å². The molecule has 0 fully saturated rings. The Bertz CT molecular complexity index is 49.4. The minimum absolute atomic E-state index is 1.39. The van der Waals surface area contributed by atoms with Crippen molar-refractivity contribution >= 4 is 0 Å². The molecule has 0 aliphatic carbocycles. The number of nitrogens with one attached hydrogen (secondary N) is 2. The van der Waals surface area contributed by atoms with Crippen LogP contribution in [-0.2, 0) is 0 Å². The van der Waals surface area contributed by atoms with Crippen LogP contribution in [0.5, 0.6) is 0 Å². The molecule has 0 aliphatic rings. The Morgan fingerprint density at radius 1 is 1.29 bits per heavy atom. The molecule has 0 heterocycles. The Kier molecular flexibility index (Phi) is 2.13. The Morgan fingerprint density at radius 3 is 1.71 bits per heavy atom. The number of rotatable bonds is 2. The zero-order chi connectivity index (χ0) is 5.91. The van der Waals surface area contributed by atoms with Gasteiger partial charge < -0.3 is 15.3 Å². The van der Waals surface area contributed by atoms with Crippen LogP contribution in [0.25, 0.3) is 0 Å². The van der Waals surface area contributed by atoms with Crippen LogP contribution >= 0.6 is 0 Å². The second-order valence-electron chi connectivity index (χ2n) is 1.01. The molecule has 0 saturated heterocycles. The molecule has 0 rings (SSSR count). The van der Waals surface area contributed by atoms with E-state index in [0.29, 0.717) is 0 Å². The van der Waals surface area contributed by atoms with Crippen molar-refractivity contribution in [1.29, 1.82) is 0 Å². The minimum Gasteiger partial charge on any atom is -0.329 e. The highest BCUT2D eigenvalue weighted by Crippen LogP contribution is 1.77. The molecule has 5 N–H and O–H groups in total. The standard InChI is InChI=1S/C2H8N2O3/c1-3-4-2(5,6)7/h3-7H,1H3. The quantitative estimate of drug-likeness (QED) is 0.196. The molecule has 5 heteroatoms. The monoisotopic (exact) mass is 108 g/mol. The van der Waals surface area contributed by atoms with Gasteiger partial charge in [0.25, 0.3) is 0 Å². The van der Waals surface area contributed by atoms with Gasteiger partial charge in [0.2, 0.25) is 0 Å². The van der Waals surface area contributed by atoms with E-state index in [1.54, 1.807) is 5.43 Å². The predicted octanol–water partition coefficient (Wildman–Crippen LogP) is -2.70. The lowest BCUT2D eigenvalue weighted by Gasteiger charge is -2.12. The summed E-state index contributed by atoms with van der Waals surface area (Å²) in [5.41, 5.74) is 3.81. The van der Waals surface area contributed by atoms with Gasteiger partial charge in [0.1, 0.15) is 0 Å². The average molecular weight is 108 g/mol. The number of aliphatic hydroxyl groups is 3. The zero-order valence-electron chi connectivity index (χ0n) is 3.84. The first-order valence-corrected chi connectivity index (χ1v) is 1.67. The van der Waals surface area contributed by atoms with Gasteiger partial charge in [-0.05, 0) is 7.05 Å². The molecule has 0 aromatic heterocycles. The highest BCUT2D eigenvalue weighted by Gasteiger charge is 2.14. The van der Waals surface area contributed by atoms with E-state index in [9.17, 15) is 0 Å². The van der Waals surface area contributed by atoms with E-state index in [1.165, 1.54) is 7.05 Å².